The van der Waals surface area contributed by atoms with E-state index in [1.165, 1.54) is 12.6 Å². The lowest BCUT2D eigenvalue weighted by Gasteiger charge is -2.37. The SMILES string of the molecule is CC(C)CNCC[Si](C)(C)C(C)(C)C. The van der Waals surface area contributed by atoms with E-state index in [9.17, 15) is 0 Å². The predicted molar refractivity (Wildman–Crippen MR) is 69.7 cm³/mol. The summed E-state index contributed by atoms with van der Waals surface area (Å²) in [5.41, 5.74) is 0. The Hall–Kier alpha value is 0.177. The van der Waals surface area contributed by atoms with Gasteiger partial charge in [0.25, 0.3) is 0 Å². The van der Waals surface area contributed by atoms with Crippen LogP contribution in [0.5, 0.6) is 0 Å². The highest BCUT2D eigenvalue weighted by atomic mass is 28.3. The number of rotatable bonds is 5. The third kappa shape index (κ3) is 5.16. The van der Waals surface area contributed by atoms with E-state index in [-0.39, 0.29) is 0 Å². The number of hydrogen-bond donors (Lipinski definition) is 1. The molecule has 0 saturated heterocycles. The summed E-state index contributed by atoms with van der Waals surface area (Å²) >= 11 is 0. The van der Waals surface area contributed by atoms with Crippen LogP contribution >= 0.6 is 0 Å². The molecule has 14 heavy (non-hydrogen) atoms. The first-order valence-corrected chi connectivity index (χ1v) is 9.08. The summed E-state index contributed by atoms with van der Waals surface area (Å²) in [5.74, 6) is 0.773. The first-order chi connectivity index (χ1) is 6.17. The third-order valence-corrected chi connectivity index (χ3v) is 9.07. The van der Waals surface area contributed by atoms with Crippen molar-refractivity contribution in [1.82, 2.24) is 5.32 Å². The molecule has 0 bridgehead atoms. The fraction of sp³-hybridized carbons (Fsp3) is 1.00. The van der Waals surface area contributed by atoms with E-state index in [0.717, 1.165) is 12.5 Å². The summed E-state index contributed by atoms with van der Waals surface area (Å²) in [4.78, 5) is 0. The molecular weight excluding hydrogens is 186 g/mol. The third-order valence-electron chi connectivity index (χ3n) is 3.51. The van der Waals surface area contributed by atoms with Crippen LogP contribution in [0.3, 0.4) is 0 Å². The molecule has 0 rings (SSSR count). The van der Waals surface area contributed by atoms with Crippen LogP contribution in [-0.2, 0) is 0 Å². The van der Waals surface area contributed by atoms with Crippen molar-refractivity contribution >= 4 is 8.07 Å². The molecule has 86 valence electrons. The molecule has 0 fully saturated rings. The molecule has 0 aliphatic rings. The topological polar surface area (TPSA) is 12.0 Å². The van der Waals surface area contributed by atoms with Gasteiger partial charge in [0.1, 0.15) is 0 Å². The molecule has 0 heterocycles. The van der Waals surface area contributed by atoms with Crippen molar-refractivity contribution in [3.05, 3.63) is 0 Å². The first-order valence-electron chi connectivity index (χ1n) is 5.87. The number of nitrogens with one attached hydrogen (secondary N) is 1. The molecule has 0 radical (unpaired) electrons. The van der Waals surface area contributed by atoms with Gasteiger partial charge in [-0.05, 0) is 30.1 Å². The van der Waals surface area contributed by atoms with Crippen LogP contribution in [0.25, 0.3) is 0 Å². The van der Waals surface area contributed by atoms with Crippen LogP contribution < -0.4 is 5.32 Å². The predicted octanol–water partition coefficient (Wildman–Crippen LogP) is 3.74. The van der Waals surface area contributed by atoms with E-state index in [0.29, 0.717) is 5.04 Å². The van der Waals surface area contributed by atoms with Crippen LogP contribution in [0.2, 0.25) is 24.2 Å². The Balaban J connectivity index is 3.78. The summed E-state index contributed by atoms with van der Waals surface area (Å²) in [6.07, 6.45) is 0. The smallest absolute Gasteiger partial charge is 0.0540 e. The van der Waals surface area contributed by atoms with Gasteiger partial charge in [-0.1, -0.05) is 47.7 Å². The van der Waals surface area contributed by atoms with Crippen LogP contribution in [0.1, 0.15) is 34.6 Å². The summed E-state index contributed by atoms with van der Waals surface area (Å²) in [7, 11) is -1.04. The molecule has 1 nitrogen and oxygen atoms in total. The standard InChI is InChI=1S/C12H29NSi/c1-11(2)10-13-8-9-14(6,7)12(3,4)5/h11,13H,8-10H2,1-7H3. The fourth-order valence-electron chi connectivity index (χ4n) is 1.17. The molecule has 0 aromatic rings. The number of hydrogen-bond acceptors (Lipinski definition) is 1. The minimum atomic E-state index is -1.04. The van der Waals surface area contributed by atoms with E-state index in [2.05, 4.69) is 53.0 Å². The van der Waals surface area contributed by atoms with E-state index in [1.54, 1.807) is 0 Å². The zero-order valence-electron chi connectivity index (χ0n) is 11.2. The average Bonchev–Trinajstić information content (AvgIpc) is 1.95. The Morgan fingerprint density at radius 3 is 2.00 bits per heavy atom. The van der Waals surface area contributed by atoms with E-state index < -0.39 is 8.07 Å². The Kier molecular flexibility index (Phi) is 5.38. The zero-order valence-corrected chi connectivity index (χ0v) is 12.2. The van der Waals surface area contributed by atoms with Crippen LogP contribution in [0, 0.1) is 5.92 Å². The molecule has 0 spiro atoms. The van der Waals surface area contributed by atoms with Gasteiger partial charge in [-0.15, -0.1) is 0 Å². The van der Waals surface area contributed by atoms with Crippen molar-refractivity contribution in [2.24, 2.45) is 5.92 Å². The minimum Gasteiger partial charge on any atom is -0.317 e. The zero-order chi connectivity index (χ0) is 11.4. The van der Waals surface area contributed by atoms with Gasteiger partial charge >= 0.3 is 0 Å². The van der Waals surface area contributed by atoms with E-state index >= 15 is 0 Å². The van der Waals surface area contributed by atoms with Gasteiger partial charge in [-0.3, -0.25) is 0 Å². The normalized spacial score (nSPS) is 13.7. The van der Waals surface area contributed by atoms with Gasteiger partial charge in [0.2, 0.25) is 0 Å². The maximum atomic E-state index is 3.55. The quantitative estimate of drug-likeness (QED) is 0.544. The molecule has 0 atom stereocenters. The highest BCUT2D eigenvalue weighted by molar-refractivity contribution is 6.80. The van der Waals surface area contributed by atoms with Gasteiger partial charge in [0.05, 0.1) is 8.07 Å². The van der Waals surface area contributed by atoms with Crippen molar-refractivity contribution in [2.45, 2.75) is 58.8 Å². The van der Waals surface area contributed by atoms with Gasteiger partial charge in [0.15, 0.2) is 0 Å². The van der Waals surface area contributed by atoms with Gasteiger partial charge in [-0.25, -0.2) is 0 Å². The average molecular weight is 215 g/mol. The Morgan fingerprint density at radius 1 is 1.14 bits per heavy atom. The van der Waals surface area contributed by atoms with Crippen LogP contribution in [-0.4, -0.2) is 21.2 Å². The highest BCUT2D eigenvalue weighted by Crippen LogP contribution is 2.38. The van der Waals surface area contributed by atoms with E-state index in [1.807, 2.05) is 0 Å². The highest BCUT2D eigenvalue weighted by Gasteiger charge is 2.33. The Bertz CT molecular complexity index is 156. The Morgan fingerprint density at radius 2 is 1.64 bits per heavy atom. The molecule has 0 aromatic heterocycles. The second kappa shape index (κ2) is 5.31. The molecule has 1 N–H and O–H groups in total. The molecule has 0 unspecified atom stereocenters. The molecular formula is C12H29NSi. The van der Waals surface area contributed by atoms with Crippen LogP contribution in [0.15, 0.2) is 0 Å². The molecule has 0 aliphatic carbocycles. The van der Waals surface area contributed by atoms with Crippen molar-refractivity contribution in [3.8, 4) is 0 Å². The second-order valence-corrected chi connectivity index (χ2v) is 12.2. The summed E-state index contributed by atoms with van der Waals surface area (Å²) < 4.78 is 0. The van der Waals surface area contributed by atoms with Gasteiger partial charge < -0.3 is 5.32 Å². The lowest BCUT2D eigenvalue weighted by Crippen LogP contribution is -2.40. The summed E-state index contributed by atoms with van der Waals surface area (Å²) in [6, 6.07) is 1.39. The summed E-state index contributed by atoms with van der Waals surface area (Å²) in [5, 5.41) is 4.08. The molecule has 0 aliphatic heterocycles. The van der Waals surface area contributed by atoms with Crippen molar-refractivity contribution in [3.63, 3.8) is 0 Å². The van der Waals surface area contributed by atoms with Crippen molar-refractivity contribution in [1.29, 1.82) is 0 Å². The lowest BCUT2D eigenvalue weighted by atomic mass is 10.2. The second-order valence-electron chi connectivity index (χ2n) is 6.48. The maximum Gasteiger partial charge on any atom is 0.0540 e. The molecule has 0 amide bonds. The fourth-order valence-corrected chi connectivity index (χ4v) is 2.72. The monoisotopic (exact) mass is 215 g/mol. The summed E-state index contributed by atoms with van der Waals surface area (Å²) in [6.45, 7) is 19.1. The molecule has 0 saturated carbocycles. The molecule has 0 aromatic carbocycles. The first kappa shape index (κ1) is 14.2. The maximum absolute atomic E-state index is 3.55. The Labute approximate surface area is 91.7 Å². The van der Waals surface area contributed by atoms with Crippen molar-refractivity contribution < 1.29 is 0 Å². The van der Waals surface area contributed by atoms with E-state index in [4.69, 9.17) is 0 Å². The molecule has 2 heteroatoms. The largest absolute Gasteiger partial charge is 0.317 e. The lowest BCUT2D eigenvalue weighted by molar-refractivity contribution is 0.562. The van der Waals surface area contributed by atoms with Gasteiger partial charge in [0, 0.05) is 0 Å². The van der Waals surface area contributed by atoms with Crippen molar-refractivity contribution in [2.75, 3.05) is 13.1 Å². The van der Waals surface area contributed by atoms with Gasteiger partial charge in [-0.2, -0.15) is 0 Å². The van der Waals surface area contributed by atoms with Crippen LogP contribution in [0.4, 0.5) is 0 Å². The minimum absolute atomic E-state index is 0.534.